The van der Waals surface area contributed by atoms with E-state index in [2.05, 4.69) is 16.9 Å². The molecule has 1 aliphatic carbocycles. The summed E-state index contributed by atoms with van der Waals surface area (Å²) in [7, 11) is 0. The average molecular weight is 669 g/mol. The van der Waals surface area contributed by atoms with Crippen LogP contribution in [0.25, 0.3) is 11.1 Å². The molecule has 1 saturated heterocycles. The van der Waals surface area contributed by atoms with Crippen molar-refractivity contribution in [3.63, 3.8) is 0 Å². The fourth-order valence-electron chi connectivity index (χ4n) is 5.98. The van der Waals surface area contributed by atoms with Gasteiger partial charge in [-0.25, -0.2) is 17.6 Å². The van der Waals surface area contributed by atoms with Crippen molar-refractivity contribution >= 4 is 0 Å². The predicted octanol–water partition coefficient (Wildman–Crippen LogP) is 10.5. The lowest BCUT2D eigenvalue weighted by Gasteiger charge is -2.39. The summed E-state index contributed by atoms with van der Waals surface area (Å²) >= 11 is 0. The fourth-order valence-corrected chi connectivity index (χ4v) is 5.98. The summed E-state index contributed by atoms with van der Waals surface area (Å²) in [5.74, 6) is -10.5. The molecule has 1 aliphatic heterocycles. The number of benzene rings is 2. The van der Waals surface area contributed by atoms with Crippen LogP contribution in [0.4, 0.5) is 39.5 Å². The Morgan fingerprint density at radius 1 is 0.761 bits per heavy atom. The van der Waals surface area contributed by atoms with Crippen molar-refractivity contribution in [1.82, 2.24) is 0 Å². The van der Waals surface area contributed by atoms with Gasteiger partial charge in [0.25, 0.3) is 0 Å². The SMILES string of the molecule is C/C=C/CCCCCCC1COC(C2CCC(C(F)(F)Oc3cc(F)c(-c4cc(F)c(OC(F)(F)F)c(F)c4)c(F)c3)CC2)OC1. The lowest BCUT2D eigenvalue weighted by molar-refractivity contribution is -0.276. The number of alkyl halides is 5. The molecule has 0 radical (unpaired) electrons. The second-order valence-corrected chi connectivity index (χ2v) is 11.8. The Labute approximate surface area is 261 Å². The molecule has 0 atom stereocenters. The first-order valence-corrected chi connectivity index (χ1v) is 15.4. The molecule has 2 aromatic rings. The molecule has 13 heteroatoms. The van der Waals surface area contributed by atoms with E-state index in [4.69, 9.17) is 14.2 Å². The third-order valence-corrected chi connectivity index (χ3v) is 8.37. The summed E-state index contributed by atoms with van der Waals surface area (Å²) in [5, 5.41) is 0. The van der Waals surface area contributed by atoms with Crippen molar-refractivity contribution in [2.24, 2.45) is 17.8 Å². The van der Waals surface area contributed by atoms with Gasteiger partial charge < -0.3 is 18.9 Å². The molecule has 1 heterocycles. The van der Waals surface area contributed by atoms with Gasteiger partial charge in [0.15, 0.2) is 17.9 Å². The molecule has 0 bridgehead atoms. The monoisotopic (exact) mass is 668 g/mol. The van der Waals surface area contributed by atoms with E-state index in [0.29, 0.717) is 44.1 Å². The Morgan fingerprint density at radius 2 is 1.35 bits per heavy atom. The van der Waals surface area contributed by atoms with Crippen LogP contribution in [0.3, 0.4) is 0 Å². The minimum absolute atomic E-state index is 0.0471. The van der Waals surface area contributed by atoms with Gasteiger partial charge in [-0.3, -0.25) is 0 Å². The lowest BCUT2D eigenvalue weighted by atomic mass is 9.80. The van der Waals surface area contributed by atoms with Gasteiger partial charge in [0.1, 0.15) is 17.4 Å². The smallest absolute Gasteiger partial charge is 0.432 e. The van der Waals surface area contributed by atoms with Crippen molar-refractivity contribution in [2.75, 3.05) is 13.2 Å². The molecular formula is C33H37F9O4. The van der Waals surface area contributed by atoms with Crippen molar-refractivity contribution in [3.8, 4) is 22.6 Å². The van der Waals surface area contributed by atoms with Crippen LogP contribution in [0.1, 0.15) is 71.1 Å². The van der Waals surface area contributed by atoms with E-state index < -0.39 is 70.6 Å². The van der Waals surface area contributed by atoms with E-state index in [0.717, 1.165) is 25.7 Å². The molecule has 2 aliphatic rings. The van der Waals surface area contributed by atoms with Gasteiger partial charge >= 0.3 is 12.5 Å². The number of allylic oxidation sites excluding steroid dienone is 2. The zero-order valence-electron chi connectivity index (χ0n) is 25.3. The summed E-state index contributed by atoms with van der Waals surface area (Å²) in [4.78, 5) is 0. The van der Waals surface area contributed by atoms with Crippen LogP contribution in [0.15, 0.2) is 36.4 Å². The number of unbranched alkanes of at least 4 members (excludes halogenated alkanes) is 4. The molecule has 0 amide bonds. The van der Waals surface area contributed by atoms with Crippen molar-refractivity contribution in [3.05, 3.63) is 59.7 Å². The highest BCUT2D eigenvalue weighted by Gasteiger charge is 2.46. The minimum Gasteiger partial charge on any atom is -0.432 e. The molecule has 4 rings (SSSR count). The van der Waals surface area contributed by atoms with Crippen LogP contribution in [-0.4, -0.2) is 32.0 Å². The van der Waals surface area contributed by atoms with Gasteiger partial charge in [0.2, 0.25) is 5.75 Å². The summed E-state index contributed by atoms with van der Waals surface area (Å²) in [6, 6.07) is 1.29. The van der Waals surface area contributed by atoms with Crippen molar-refractivity contribution in [1.29, 1.82) is 0 Å². The summed E-state index contributed by atoms with van der Waals surface area (Å²) < 4.78 is 145. The van der Waals surface area contributed by atoms with Crippen LogP contribution in [0.5, 0.6) is 11.5 Å². The predicted molar refractivity (Wildman–Crippen MR) is 151 cm³/mol. The minimum atomic E-state index is -5.42. The number of ether oxygens (including phenoxy) is 4. The van der Waals surface area contributed by atoms with Gasteiger partial charge in [-0.2, -0.15) is 8.78 Å². The number of halogens is 9. The molecule has 46 heavy (non-hydrogen) atoms. The maximum absolute atomic E-state index is 15.1. The molecule has 256 valence electrons. The topological polar surface area (TPSA) is 36.9 Å². The number of hydrogen-bond donors (Lipinski definition) is 0. The third-order valence-electron chi connectivity index (χ3n) is 8.37. The van der Waals surface area contributed by atoms with Gasteiger partial charge in [-0.1, -0.05) is 31.4 Å². The second-order valence-electron chi connectivity index (χ2n) is 11.8. The summed E-state index contributed by atoms with van der Waals surface area (Å²) in [6.07, 6.45) is 2.06. The van der Waals surface area contributed by atoms with Gasteiger partial charge in [0.05, 0.1) is 24.7 Å². The Bertz CT molecular complexity index is 1270. The summed E-state index contributed by atoms with van der Waals surface area (Å²) in [6.45, 7) is 3.12. The van der Waals surface area contributed by atoms with Crippen molar-refractivity contribution < 1.29 is 58.5 Å². The van der Waals surface area contributed by atoms with E-state index in [9.17, 15) is 30.7 Å². The molecule has 0 spiro atoms. The zero-order chi connectivity index (χ0) is 33.5. The Morgan fingerprint density at radius 3 is 1.91 bits per heavy atom. The summed E-state index contributed by atoms with van der Waals surface area (Å²) in [5.41, 5.74) is -1.87. The van der Waals surface area contributed by atoms with Crippen LogP contribution >= 0.6 is 0 Å². The normalized spacial score (nSPS) is 22.7. The van der Waals surface area contributed by atoms with Crippen LogP contribution in [0, 0.1) is 41.0 Å². The zero-order valence-corrected chi connectivity index (χ0v) is 25.3. The van der Waals surface area contributed by atoms with E-state index in [1.165, 1.54) is 12.8 Å². The molecule has 1 saturated carbocycles. The van der Waals surface area contributed by atoms with Crippen molar-refractivity contribution in [2.45, 2.75) is 89.9 Å². The van der Waals surface area contributed by atoms with Gasteiger partial charge in [0, 0.05) is 24.0 Å². The maximum Gasteiger partial charge on any atom is 0.573 e. The number of rotatable bonds is 13. The highest BCUT2D eigenvalue weighted by molar-refractivity contribution is 5.67. The average Bonchev–Trinajstić information content (AvgIpc) is 2.98. The van der Waals surface area contributed by atoms with E-state index in [-0.39, 0.29) is 30.9 Å². The molecule has 2 aromatic carbocycles. The molecule has 2 fully saturated rings. The van der Waals surface area contributed by atoms with E-state index in [1.807, 2.05) is 6.92 Å². The Balaban J connectivity index is 1.28. The standard InChI is InChI=1S/C33H37F9O4/c1-2-3-4-5-6-7-8-9-20-18-43-31(44-19-20)21-10-12-23(13-11-21)32(38,39)45-24-16-25(34)29(26(35)17-24)22-14-27(36)30(28(37)15-22)46-33(40,41)42/h2-3,14-17,20-21,23,31H,4-13,18-19H2,1H3/b3-2+. The first kappa shape index (κ1) is 35.9. The van der Waals surface area contributed by atoms with Crippen LogP contribution in [-0.2, 0) is 9.47 Å². The maximum atomic E-state index is 15.1. The second kappa shape index (κ2) is 15.8. The van der Waals surface area contributed by atoms with Gasteiger partial charge in [-0.05, 0) is 69.6 Å². The molecule has 0 unspecified atom stereocenters. The highest BCUT2D eigenvalue weighted by atomic mass is 19.4. The number of hydrogen-bond acceptors (Lipinski definition) is 4. The largest absolute Gasteiger partial charge is 0.573 e. The molecule has 0 N–H and O–H groups in total. The fraction of sp³-hybridized carbons (Fsp3) is 0.576. The Hall–Kier alpha value is -2.93. The first-order chi connectivity index (χ1) is 21.8. The Kier molecular flexibility index (Phi) is 12.3. The molecule has 4 nitrogen and oxygen atoms in total. The molecular weight excluding hydrogens is 631 g/mol. The quantitative estimate of drug-likeness (QED) is 0.121. The van der Waals surface area contributed by atoms with Crippen LogP contribution < -0.4 is 9.47 Å². The first-order valence-electron chi connectivity index (χ1n) is 15.4. The molecule has 0 aromatic heterocycles. The lowest BCUT2D eigenvalue weighted by Crippen LogP contribution is -2.42. The van der Waals surface area contributed by atoms with E-state index in [1.54, 1.807) is 0 Å². The van der Waals surface area contributed by atoms with Crippen LogP contribution in [0.2, 0.25) is 0 Å². The third kappa shape index (κ3) is 9.79. The highest BCUT2D eigenvalue weighted by Crippen LogP contribution is 2.43. The van der Waals surface area contributed by atoms with Gasteiger partial charge in [-0.15, -0.1) is 13.2 Å². The van der Waals surface area contributed by atoms with E-state index >= 15 is 8.78 Å².